The first kappa shape index (κ1) is 13.7. The van der Waals surface area contributed by atoms with Gasteiger partial charge in [0.05, 0.1) is 12.5 Å². The summed E-state index contributed by atoms with van der Waals surface area (Å²) in [6, 6.07) is 7.79. The molecule has 2 N–H and O–H groups in total. The smallest absolute Gasteiger partial charge is 0.304 e. The van der Waals surface area contributed by atoms with Crippen LogP contribution in [0.5, 0.6) is 0 Å². The molecule has 0 radical (unpaired) electrons. The van der Waals surface area contributed by atoms with E-state index in [9.17, 15) is 9.90 Å². The van der Waals surface area contributed by atoms with Gasteiger partial charge < -0.3 is 10.2 Å². The number of benzene rings is 1. The second kappa shape index (κ2) is 5.32. The summed E-state index contributed by atoms with van der Waals surface area (Å²) >= 11 is 0. The molecule has 94 valence electrons. The minimum absolute atomic E-state index is 0.114. The lowest BCUT2D eigenvalue weighted by Gasteiger charge is -2.23. The molecule has 0 aromatic heterocycles. The summed E-state index contributed by atoms with van der Waals surface area (Å²) in [6.45, 7) is 5.60. The van der Waals surface area contributed by atoms with Crippen molar-refractivity contribution >= 4 is 5.97 Å². The van der Waals surface area contributed by atoms with Crippen molar-refractivity contribution in [3.05, 3.63) is 35.4 Å². The Bertz CT molecular complexity index is 377. The lowest BCUT2D eigenvalue weighted by atomic mass is 9.81. The second-order valence-corrected chi connectivity index (χ2v) is 5.20. The van der Waals surface area contributed by atoms with Gasteiger partial charge in [-0.3, -0.25) is 4.79 Å². The molecule has 1 unspecified atom stereocenters. The summed E-state index contributed by atoms with van der Waals surface area (Å²) in [7, 11) is 0. The van der Waals surface area contributed by atoms with Gasteiger partial charge in [0.1, 0.15) is 0 Å². The molecule has 0 bridgehead atoms. The third-order valence-corrected chi connectivity index (χ3v) is 2.86. The number of carboxylic acids is 1. The molecule has 0 saturated heterocycles. The molecule has 3 heteroatoms. The van der Waals surface area contributed by atoms with Crippen LogP contribution in [0.1, 0.15) is 38.3 Å². The van der Waals surface area contributed by atoms with Crippen molar-refractivity contribution in [2.45, 2.75) is 45.1 Å². The predicted molar refractivity (Wildman–Crippen MR) is 67.1 cm³/mol. The predicted octanol–water partition coefficient (Wildman–Crippen LogP) is 2.36. The normalized spacial score (nSPS) is 13.4. The van der Waals surface area contributed by atoms with E-state index in [1.54, 1.807) is 6.92 Å². The molecule has 0 fully saturated rings. The third kappa shape index (κ3) is 4.19. The van der Waals surface area contributed by atoms with E-state index in [4.69, 9.17) is 5.11 Å². The number of carboxylic acid groups (broad SMARTS) is 1. The Balaban J connectivity index is 2.82. The molecule has 0 saturated carbocycles. The minimum atomic E-state index is -0.789. The summed E-state index contributed by atoms with van der Waals surface area (Å²) in [6.07, 6.45) is 0.385. The van der Waals surface area contributed by atoms with Crippen LogP contribution in [0, 0.1) is 0 Å². The van der Waals surface area contributed by atoms with Crippen LogP contribution in [0.4, 0.5) is 0 Å². The van der Waals surface area contributed by atoms with E-state index in [0.717, 1.165) is 11.1 Å². The maximum Gasteiger partial charge on any atom is 0.304 e. The fraction of sp³-hybridized carbons (Fsp3) is 0.500. The van der Waals surface area contributed by atoms with E-state index in [1.165, 1.54) is 0 Å². The first-order chi connectivity index (χ1) is 7.81. The van der Waals surface area contributed by atoms with Gasteiger partial charge in [0.2, 0.25) is 0 Å². The Hall–Kier alpha value is -1.35. The zero-order valence-electron chi connectivity index (χ0n) is 10.6. The van der Waals surface area contributed by atoms with E-state index in [0.29, 0.717) is 6.42 Å². The molecule has 1 aromatic carbocycles. The summed E-state index contributed by atoms with van der Waals surface area (Å²) in [5.41, 5.74) is 1.71. The van der Waals surface area contributed by atoms with Crippen molar-refractivity contribution in [3.63, 3.8) is 0 Å². The average molecular weight is 236 g/mol. The van der Waals surface area contributed by atoms with Crippen molar-refractivity contribution in [2.24, 2.45) is 0 Å². The molecule has 0 aliphatic heterocycles. The number of rotatable bonds is 5. The number of carbonyl (C=O) groups is 1. The van der Waals surface area contributed by atoms with Crippen LogP contribution in [0.15, 0.2) is 24.3 Å². The summed E-state index contributed by atoms with van der Waals surface area (Å²) < 4.78 is 0. The van der Waals surface area contributed by atoms with Crippen molar-refractivity contribution in [1.29, 1.82) is 0 Å². The van der Waals surface area contributed by atoms with Crippen LogP contribution in [0.3, 0.4) is 0 Å². The van der Waals surface area contributed by atoms with Crippen LogP contribution >= 0.6 is 0 Å². The van der Waals surface area contributed by atoms with Crippen molar-refractivity contribution in [3.8, 4) is 0 Å². The molecule has 0 aliphatic carbocycles. The Morgan fingerprint density at radius 3 is 2.24 bits per heavy atom. The monoisotopic (exact) mass is 236 g/mol. The zero-order chi connectivity index (χ0) is 13.1. The number of aliphatic hydroxyl groups is 1. The van der Waals surface area contributed by atoms with Gasteiger partial charge in [-0.25, -0.2) is 0 Å². The topological polar surface area (TPSA) is 57.5 Å². The van der Waals surface area contributed by atoms with Gasteiger partial charge in [0.25, 0.3) is 0 Å². The van der Waals surface area contributed by atoms with Crippen LogP contribution < -0.4 is 0 Å². The highest BCUT2D eigenvalue weighted by molar-refractivity contribution is 5.68. The Morgan fingerprint density at radius 1 is 1.29 bits per heavy atom. The Labute approximate surface area is 102 Å². The quantitative estimate of drug-likeness (QED) is 0.825. The van der Waals surface area contributed by atoms with Crippen molar-refractivity contribution < 1.29 is 15.0 Å². The molecule has 0 amide bonds. The molecule has 17 heavy (non-hydrogen) atoms. The fourth-order valence-electron chi connectivity index (χ4n) is 1.91. The van der Waals surface area contributed by atoms with Gasteiger partial charge in [-0.2, -0.15) is 0 Å². The van der Waals surface area contributed by atoms with Crippen LogP contribution in [-0.4, -0.2) is 22.3 Å². The lowest BCUT2D eigenvalue weighted by molar-refractivity contribution is -0.138. The number of hydrogen-bond acceptors (Lipinski definition) is 2. The molecule has 1 atom stereocenters. The summed E-state index contributed by atoms with van der Waals surface area (Å²) in [5.74, 6) is -0.789. The van der Waals surface area contributed by atoms with Crippen LogP contribution in [0.25, 0.3) is 0 Å². The van der Waals surface area contributed by atoms with E-state index >= 15 is 0 Å². The van der Waals surface area contributed by atoms with E-state index in [-0.39, 0.29) is 17.9 Å². The summed E-state index contributed by atoms with van der Waals surface area (Å²) in [5, 5.41) is 18.1. The Kier molecular flexibility index (Phi) is 4.29. The number of aliphatic hydroxyl groups excluding tert-OH is 1. The minimum Gasteiger partial charge on any atom is -0.481 e. The summed E-state index contributed by atoms with van der Waals surface area (Å²) in [4.78, 5) is 10.8. The van der Waals surface area contributed by atoms with Gasteiger partial charge in [-0.1, -0.05) is 38.1 Å². The van der Waals surface area contributed by atoms with Crippen molar-refractivity contribution in [1.82, 2.24) is 0 Å². The molecular formula is C14H20O3. The first-order valence-electron chi connectivity index (χ1n) is 5.80. The van der Waals surface area contributed by atoms with E-state index in [2.05, 4.69) is 0 Å². The molecule has 0 spiro atoms. The third-order valence-electron chi connectivity index (χ3n) is 2.86. The van der Waals surface area contributed by atoms with Gasteiger partial charge >= 0.3 is 5.97 Å². The maximum absolute atomic E-state index is 10.8. The average Bonchev–Trinajstić information content (AvgIpc) is 2.15. The van der Waals surface area contributed by atoms with E-state index < -0.39 is 5.97 Å². The second-order valence-electron chi connectivity index (χ2n) is 5.20. The SMILES string of the molecule is CC(O)Cc1ccc(C(C)(C)CC(=O)O)cc1. The fourth-order valence-corrected chi connectivity index (χ4v) is 1.91. The van der Waals surface area contributed by atoms with Gasteiger partial charge in [0.15, 0.2) is 0 Å². The molecule has 1 rings (SSSR count). The number of hydrogen-bond donors (Lipinski definition) is 2. The molecule has 3 nitrogen and oxygen atoms in total. The largest absolute Gasteiger partial charge is 0.481 e. The Morgan fingerprint density at radius 2 is 1.82 bits per heavy atom. The molecule has 0 heterocycles. The van der Waals surface area contributed by atoms with Gasteiger partial charge in [0, 0.05) is 5.41 Å². The van der Waals surface area contributed by atoms with E-state index in [1.807, 2.05) is 38.1 Å². The van der Waals surface area contributed by atoms with Crippen LogP contribution in [0.2, 0.25) is 0 Å². The van der Waals surface area contributed by atoms with Crippen molar-refractivity contribution in [2.75, 3.05) is 0 Å². The highest BCUT2D eigenvalue weighted by Gasteiger charge is 2.23. The molecular weight excluding hydrogens is 216 g/mol. The highest BCUT2D eigenvalue weighted by atomic mass is 16.4. The zero-order valence-corrected chi connectivity index (χ0v) is 10.6. The first-order valence-corrected chi connectivity index (χ1v) is 5.80. The van der Waals surface area contributed by atoms with Crippen LogP contribution in [-0.2, 0) is 16.6 Å². The molecule has 0 aliphatic rings. The number of aliphatic carboxylic acids is 1. The standard InChI is InChI=1S/C14H20O3/c1-10(15)8-11-4-6-12(7-5-11)14(2,3)9-13(16)17/h4-7,10,15H,8-9H2,1-3H3,(H,16,17). The van der Waals surface area contributed by atoms with Gasteiger partial charge in [-0.15, -0.1) is 0 Å². The highest BCUT2D eigenvalue weighted by Crippen LogP contribution is 2.27. The molecule has 1 aromatic rings. The van der Waals surface area contributed by atoms with Gasteiger partial charge in [-0.05, 0) is 24.5 Å². The maximum atomic E-state index is 10.8. The lowest BCUT2D eigenvalue weighted by Crippen LogP contribution is -2.21.